The third-order valence-corrected chi connectivity index (χ3v) is 2.15. The maximum Gasteiger partial charge on any atom is 0.239 e. The highest BCUT2D eigenvalue weighted by atomic mass is 16.2. The third kappa shape index (κ3) is 3.12. The van der Waals surface area contributed by atoms with Crippen LogP contribution in [0.25, 0.3) is 0 Å². The molecule has 0 spiro atoms. The molecule has 1 aliphatic rings. The lowest BCUT2D eigenvalue weighted by Gasteiger charge is -2.06. The Morgan fingerprint density at radius 1 is 1.53 bits per heavy atom. The average molecular weight is 206 g/mol. The zero-order valence-corrected chi connectivity index (χ0v) is 8.36. The first-order valence-corrected chi connectivity index (χ1v) is 4.98. The summed E-state index contributed by atoms with van der Waals surface area (Å²) in [5.41, 5.74) is 6.90. The number of hydrogen-bond donors (Lipinski definition) is 3. The zero-order valence-electron chi connectivity index (χ0n) is 8.36. The molecule has 5 nitrogen and oxygen atoms in total. The molecule has 1 aromatic rings. The molecule has 1 heterocycles. The van der Waals surface area contributed by atoms with Crippen molar-refractivity contribution in [2.45, 2.75) is 18.9 Å². The second-order valence-corrected chi connectivity index (χ2v) is 3.70. The molecule has 1 aromatic heterocycles. The van der Waals surface area contributed by atoms with Crippen LogP contribution >= 0.6 is 0 Å². The fraction of sp³-hybridized carbons (Fsp3) is 0.400. The van der Waals surface area contributed by atoms with Crippen LogP contribution in [0.3, 0.4) is 0 Å². The van der Waals surface area contributed by atoms with E-state index in [9.17, 15) is 4.79 Å². The summed E-state index contributed by atoms with van der Waals surface area (Å²) in [6, 6.07) is 2.15. The van der Waals surface area contributed by atoms with Crippen molar-refractivity contribution in [3.8, 4) is 0 Å². The molecule has 0 saturated heterocycles. The number of pyridine rings is 1. The molecule has 1 amide bonds. The predicted octanol–water partition coefficient (Wildman–Crippen LogP) is 0.354. The summed E-state index contributed by atoms with van der Waals surface area (Å²) < 4.78 is 0. The summed E-state index contributed by atoms with van der Waals surface area (Å²) in [6.45, 7) is 0.266. The first-order valence-electron chi connectivity index (χ1n) is 4.98. The zero-order chi connectivity index (χ0) is 10.7. The number of anilines is 2. The van der Waals surface area contributed by atoms with Gasteiger partial charge in [0.05, 0.1) is 24.1 Å². The van der Waals surface area contributed by atoms with Gasteiger partial charge in [0.25, 0.3) is 0 Å². The van der Waals surface area contributed by atoms with E-state index in [1.807, 2.05) is 0 Å². The number of hydrogen-bond acceptors (Lipinski definition) is 4. The van der Waals surface area contributed by atoms with Crippen LogP contribution in [-0.4, -0.2) is 23.5 Å². The van der Waals surface area contributed by atoms with Gasteiger partial charge in [-0.1, -0.05) is 0 Å². The molecule has 2 rings (SSSR count). The molecule has 0 aromatic carbocycles. The van der Waals surface area contributed by atoms with E-state index in [0.717, 1.165) is 18.5 Å². The Bertz CT molecular complexity index is 362. The van der Waals surface area contributed by atoms with Gasteiger partial charge in [0.2, 0.25) is 5.91 Å². The lowest BCUT2D eigenvalue weighted by atomic mass is 10.3. The number of nitrogens with one attached hydrogen (secondary N) is 2. The van der Waals surface area contributed by atoms with Crippen molar-refractivity contribution in [3.05, 3.63) is 18.5 Å². The standard InChI is InChI=1S/C10H14N4O/c11-7-3-9(5-12-4-7)13-6-10(15)14-8-1-2-8/h3-5,8,13H,1-2,6,11H2,(H,14,15). The van der Waals surface area contributed by atoms with E-state index >= 15 is 0 Å². The van der Waals surface area contributed by atoms with Crippen molar-refractivity contribution in [1.29, 1.82) is 0 Å². The fourth-order valence-electron chi connectivity index (χ4n) is 1.24. The molecule has 1 fully saturated rings. The number of carbonyl (C=O) groups excluding carboxylic acids is 1. The Hall–Kier alpha value is -1.78. The van der Waals surface area contributed by atoms with Crippen LogP contribution in [0, 0.1) is 0 Å². The Morgan fingerprint density at radius 3 is 3.00 bits per heavy atom. The van der Waals surface area contributed by atoms with Crippen molar-refractivity contribution in [3.63, 3.8) is 0 Å². The molecule has 0 bridgehead atoms. The SMILES string of the molecule is Nc1cncc(NCC(=O)NC2CC2)c1. The number of nitrogens with two attached hydrogens (primary N) is 1. The lowest BCUT2D eigenvalue weighted by molar-refractivity contribution is -0.119. The van der Waals surface area contributed by atoms with Gasteiger partial charge in [-0.05, 0) is 18.9 Å². The van der Waals surface area contributed by atoms with E-state index in [2.05, 4.69) is 15.6 Å². The van der Waals surface area contributed by atoms with Crippen LogP contribution in [0.2, 0.25) is 0 Å². The summed E-state index contributed by atoms with van der Waals surface area (Å²) in [7, 11) is 0. The highest BCUT2D eigenvalue weighted by Crippen LogP contribution is 2.18. The smallest absolute Gasteiger partial charge is 0.239 e. The van der Waals surface area contributed by atoms with Gasteiger partial charge in [0.1, 0.15) is 0 Å². The molecular weight excluding hydrogens is 192 g/mol. The minimum atomic E-state index is 0.0138. The molecule has 15 heavy (non-hydrogen) atoms. The molecule has 1 saturated carbocycles. The largest absolute Gasteiger partial charge is 0.397 e. The first kappa shape index (κ1) is 9.76. The van der Waals surface area contributed by atoms with Crippen molar-refractivity contribution in [1.82, 2.24) is 10.3 Å². The number of nitrogens with zero attached hydrogens (tertiary/aromatic N) is 1. The lowest BCUT2D eigenvalue weighted by Crippen LogP contribution is -2.31. The van der Waals surface area contributed by atoms with Crippen LogP contribution in [0.5, 0.6) is 0 Å². The summed E-state index contributed by atoms with van der Waals surface area (Å²) in [6.07, 6.45) is 5.41. The molecule has 4 N–H and O–H groups in total. The number of amides is 1. The van der Waals surface area contributed by atoms with Gasteiger partial charge >= 0.3 is 0 Å². The van der Waals surface area contributed by atoms with Gasteiger partial charge < -0.3 is 16.4 Å². The van der Waals surface area contributed by atoms with Crippen molar-refractivity contribution >= 4 is 17.3 Å². The van der Waals surface area contributed by atoms with E-state index < -0.39 is 0 Å². The second-order valence-electron chi connectivity index (χ2n) is 3.70. The monoisotopic (exact) mass is 206 g/mol. The van der Waals surface area contributed by atoms with E-state index in [4.69, 9.17) is 5.73 Å². The van der Waals surface area contributed by atoms with Gasteiger partial charge in [-0.3, -0.25) is 9.78 Å². The molecule has 5 heteroatoms. The predicted molar refractivity (Wildman–Crippen MR) is 58.3 cm³/mol. The third-order valence-electron chi connectivity index (χ3n) is 2.15. The quantitative estimate of drug-likeness (QED) is 0.664. The van der Waals surface area contributed by atoms with Gasteiger partial charge in [-0.15, -0.1) is 0 Å². The van der Waals surface area contributed by atoms with E-state index in [1.54, 1.807) is 18.5 Å². The Morgan fingerprint density at radius 2 is 2.33 bits per heavy atom. The Kier molecular flexibility index (Phi) is 2.71. The van der Waals surface area contributed by atoms with Crippen LogP contribution < -0.4 is 16.4 Å². The van der Waals surface area contributed by atoms with Gasteiger partial charge in [-0.2, -0.15) is 0 Å². The molecular formula is C10H14N4O. The van der Waals surface area contributed by atoms with Crippen molar-refractivity contribution < 1.29 is 4.79 Å². The van der Waals surface area contributed by atoms with Crippen molar-refractivity contribution in [2.24, 2.45) is 0 Å². The topological polar surface area (TPSA) is 80.0 Å². The molecule has 0 radical (unpaired) electrons. The normalized spacial score (nSPS) is 14.7. The maximum absolute atomic E-state index is 11.3. The summed E-state index contributed by atoms with van der Waals surface area (Å²) in [5, 5.41) is 5.85. The van der Waals surface area contributed by atoms with E-state index in [-0.39, 0.29) is 12.5 Å². The maximum atomic E-state index is 11.3. The molecule has 0 unspecified atom stereocenters. The first-order chi connectivity index (χ1) is 7.24. The number of rotatable bonds is 4. The Balaban J connectivity index is 1.78. The minimum Gasteiger partial charge on any atom is -0.397 e. The molecule has 1 aliphatic carbocycles. The van der Waals surface area contributed by atoms with E-state index in [0.29, 0.717) is 11.7 Å². The van der Waals surface area contributed by atoms with Gasteiger partial charge in [-0.25, -0.2) is 0 Å². The molecule has 0 atom stereocenters. The second kappa shape index (κ2) is 4.16. The van der Waals surface area contributed by atoms with Gasteiger partial charge in [0, 0.05) is 12.2 Å². The highest BCUT2D eigenvalue weighted by molar-refractivity contribution is 5.81. The number of nitrogen functional groups attached to an aromatic ring is 1. The molecule has 0 aliphatic heterocycles. The van der Waals surface area contributed by atoms with Crippen molar-refractivity contribution in [2.75, 3.05) is 17.6 Å². The van der Waals surface area contributed by atoms with Crippen LogP contribution in [0.15, 0.2) is 18.5 Å². The van der Waals surface area contributed by atoms with Gasteiger partial charge in [0.15, 0.2) is 0 Å². The number of aromatic nitrogens is 1. The highest BCUT2D eigenvalue weighted by Gasteiger charge is 2.22. The minimum absolute atomic E-state index is 0.0138. The summed E-state index contributed by atoms with van der Waals surface area (Å²) in [4.78, 5) is 15.2. The summed E-state index contributed by atoms with van der Waals surface area (Å²) in [5.74, 6) is 0.0138. The molecule has 80 valence electrons. The summed E-state index contributed by atoms with van der Waals surface area (Å²) >= 11 is 0. The van der Waals surface area contributed by atoms with Crippen LogP contribution in [-0.2, 0) is 4.79 Å². The van der Waals surface area contributed by atoms with Crippen LogP contribution in [0.4, 0.5) is 11.4 Å². The average Bonchev–Trinajstić information content (AvgIpc) is 2.99. The number of carbonyl (C=O) groups is 1. The van der Waals surface area contributed by atoms with Crippen LogP contribution in [0.1, 0.15) is 12.8 Å². The van der Waals surface area contributed by atoms with E-state index in [1.165, 1.54) is 0 Å². The Labute approximate surface area is 88.1 Å². The fourth-order valence-corrected chi connectivity index (χ4v) is 1.24.